The van der Waals surface area contributed by atoms with Gasteiger partial charge in [-0.25, -0.2) is 4.79 Å². The van der Waals surface area contributed by atoms with E-state index in [-0.39, 0.29) is 12.1 Å². The molecular weight excluding hydrogens is 278 g/mol. The summed E-state index contributed by atoms with van der Waals surface area (Å²) in [4.78, 5) is 12.0. The van der Waals surface area contributed by atoms with Crippen LogP contribution in [0.4, 0.5) is 0 Å². The fourth-order valence-corrected chi connectivity index (χ4v) is 2.68. The van der Waals surface area contributed by atoms with Crippen LogP contribution in [0.5, 0.6) is 0 Å². The van der Waals surface area contributed by atoms with Crippen molar-refractivity contribution < 1.29 is 14.3 Å². The highest BCUT2D eigenvalue weighted by Gasteiger charge is 2.25. The van der Waals surface area contributed by atoms with Crippen molar-refractivity contribution in [3.8, 4) is 0 Å². The van der Waals surface area contributed by atoms with Crippen molar-refractivity contribution in [1.82, 2.24) is 5.32 Å². The van der Waals surface area contributed by atoms with Gasteiger partial charge in [0.25, 0.3) is 0 Å². The zero-order valence-electron chi connectivity index (χ0n) is 11.8. The molecule has 0 amide bonds. The predicted octanol–water partition coefficient (Wildman–Crippen LogP) is 2.63. The quantitative estimate of drug-likeness (QED) is 0.849. The van der Waals surface area contributed by atoms with E-state index in [1.165, 1.54) is 7.11 Å². The number of esters is 1. The summed E-state index contributed by atoms with van der Waals surface area (Å²) < 4.78 is 10.5. The lowest BCUT2D eigenvalue weighted by molar-refractivity contribution is -0.143. The highest BCUT2D eigenvalue weighted by Crippen LogP contribution is 2.23. The Morgan fingerprint density at radius 2 is 2.40 bits per heavy atom. The van der Waals surface area contributed by atoms with Crippen LogP contribution in [0.3, 0.4) is 0 Å². The molecule has 1 heterocycles. The van der Waals surface area contributed by atoms with E-state index in [0.717, 1.165) is 30.6 Å². The number of halogens is 1. The van der Waals surface area contributed by atoms with Gasteiger partial charge in [-0.2, -0.15) is 0 Å². The summed E-state index contributed by atoms with van der Waals surface area (Å²) in [6.45, 7) is 3.38. The molecule has 0 aliphatic carbocycles. The van der Waals surface area contributed by atoms with E-state index in [4.69, 9.17) is 21.1 Å². The van der Waals surface area contributed by atoms with E-state index >= 15 is 0 Å². The number of hydrogen-bond acceptors (Lipinski definition) is 4. The van der Waals surface area contributed by atoms with Crippen molar-refractivity contribution >= 4 is 17.6 Å². The standard InChI is InChI=1S/C15H20ClNO3/c1-10-8-11(16)5-6-13(10)14(15(18)19-2)17-9-12-4-3-7-20-12/h5-6,8,12,14,17H,3-4,7,9H2,1-2H3. The van der Waals surface area contributed by atoms with Crippen LogP contribution in [-0.4, -0.2) is 32.3 Å². The van der Waals surface area contributed by atoms with E-state index in [1.807, 2.05) is 19.1 Å². The van der Waals surface area contributed by atoms with Crippen molar-refractivity contribution in [3.05, 3.63) is 34.3 Å². The minimum atomic E-state index is -0.485. The Balaban J connectivity index is 2.11. The maximum absolute atomic E-state index is 12.0. The lowest BCUT2D eigenvalue weighted by Gasteiger charge is -2.20. The predicted molar refractivity (Wildman–Crippen MR) is 77.9 cm³/mol. The molecule has 0 aromatic heterocycles. The molecule has 1 aliphatic heterocycles. The van der Waals surface area contributed by atoms with Crippen molar-refractivity contribution in [1.29, 1.82) is 0 Å². The molecule has 5 heteroatoms. The van der Waals surface area contributed by atoms with Gasteiger partial charge < -0.3 is 9.47 Å². The van der Waals surface area contributed by atoms with Crippen molar-refractivity contribution in [2.24, 2.45) is 0 Å². The highest BCUT2D eigenvalue weighted by molar-refractivity contribution is 6.30. The lowest BCUT2D eigenvalue weighted by atomic mass is 10.0. The first-order valence-corrected chi connectivity index (χ1v) is 7.18. The fraction of sp³-hybridized carbons (Fsp3) is 0.533. The summed E-state index contributed by atoms with van der Waals surface area (Å²) in [5.74, 6) is -0.298. The number of aryl methyl sites for hydroxylation is 1. The van der Waals surface area contributed by atoms with Crippen LogP contribution in [0.15, 0.2) is 18.2 Å². The van der Waals surface area contributed by atoms with Gasteiger partial charge in [0.2, 0.25) is 0 Å². The second-order valence-electron chi connectivity index (χ2n) is 5.00. The first-order chi connectivity index (χ1) is 9.61. The van der Waals surface area contributed by atoms with Crippen LogP contribution in [0.25, 0.3) is 0 Å². The van der Waals surface area contributed by atoms with Gasteiger partial charge in [0, 0.05) is 18.2 Å². The van der Waals surface area contributed by atoms with E-state index in [0.29, 0.717) is 11.6 Å². The smallest absolute Gasteiger partial charge is 0.327 e. The Bertz CT molecular complexity index is 472. The van der Waals surface area contributed by atoms with Crippen LogP contribution in [-0.2, 0) is 14.3 Å². The largest absolute Gasteiger partial charge is 0.468 e. The number of methoxy groups -OCH3 is 1. The summed E-state index contributed by atoms with van der Waals surface area (Å²) in [5.41, 5.74) is 1.85. The van der Waals surface area contributed by atoms with E-state index in [1.54, 1.807) is 6.07 Å². The molecule has 2 atom stereocenters. The maximum atomic E-state index is 12.0. The number of hydrogen-bond donors (Lipinski definition) is 1. The molecule has 4 nitrogen and oxygen atoms in total. The van der Waals surface area contributed by atoms with Gasteiger partial charge in [-0.15, -0.1) is 0 Å². The molecule has 0 radical (unpaired) electrons. The SMILES string of the molecule is COC(=O)C(NCC1CCCO1)c1ccc(Cl)cc1C. The van der Waals surface area contributed by atoms with Gasteiger partial charge in [-0.05, 0) is 43.0 Å². The monoisotopic (exact) mass is 297 g/mol. The minimum absolute atomic E-state index is 0.176. The topological polar surface area (TPSA) is 47.6 Å². The third-order valence-corrected chi connectivity index (χ3v) is 3.79. The third-order valence-electron chi connectivity index (χ3n) is 3.55. The van der Waals surface area contributed by atoms with Gasteiger partial charge in [-0.3, -0.25) is 5.32 Å². The number of nitrogens with one attached hydrogen (secondary N) is 1. The zero-order valence-corrected chi connectivity index (χ0v) is 12.6. The number of rotatable bonds is 5. The highest BCUT2D eigenvalue weighted by atomic mass is 35.5. The molecule has 0 saturated carbocycles. The van der Waals surface area contributed by atoms with Crippen LogP contribution >= 0.6 is 11.6 Å². The minimum Gasteiger partial charge on any atom is -0.468 e. The summed E-state index contributed by atoms with van der Waals surface area (Å²) in [5, 5.41) is 3.91. The second-order valence-corrected chi connectivity index (χ2v) is 5.44. The molecule has 0 bridgehead atoms. The zero-order chi connectivity index (χ0) is 14.5. The average molecular weight is 298 g/mol. The molecule has 2 rings (SSSR count). The van der Waals surface area contributed by atoms with E-state index in [9.17, 15) is 4.79 Å². The lowest BCUT2D eigenvalue weighted by Crippen LogP contribution is -2.35. The van der Waals surface area contributed by atoms with Crippen molar-refractivity contribution in [2.45, 2.75) is 31.9 Å². The molecular formula is C15H20ClNO3. The van der Waals surface area contributed by atoms with Crippen molar-refractivity contribution in [2.75, 3.05) is 20.3 Å². The van der Waals surface area contributed by atoms with E-state index in [2.05, 4.69) is 5.32 Å². The Morgan fingerprint density at radius 3 is 3.00 bits per heavy atom. The average Bonchev–Trinajstić information content (AvgIpc) is 2.93. The molecule has 0 spiro atoms. The fourth-order valence-electron chi connectivity index (χ4n) is 2.46. The molecule has 110 valence electrons. The van der Waals surface area contributed by atoms with Crippen LogP contribution in [0, 0.1) is 6.92 Å². The molecule has 1 aromatic carbocycles. The Kier molecular flexibility index (Phi) is 5.40. The molecule has 1 N–H and O–H groups in total. The second kappa shape index (κ2) is 7.07. The first-order valence-electron chi connectivity index (χ1n) is 6.80. The molecule has 1 fully saturated rings. The van der Waals surface area contributed by atoms with Crippen LogP contribution < -0.4 is 5.32 Å². The van der Waals surface area contributed by atoms with Gasteiger partial charge in [0.15, 0.2) is 0 Å². The van der Waals surface area contributed by atoms with Gasteiger partial charge in [-0.1, -0.05) is 17.7 Å². The molecule has 1 saturated heterocycles. The molecule has 1 aliphatic rings. The number of carbonyl (C=O) groups is 1. The summed E-state index contributed by atoms with van der Waals surface area (Å²) >= 11 is 5.96. The summed E-state index contributed by atoms with van der Waals surface area (Å²) in [6.07, 6.45) is 2.28. The van der Waals surface area contributed by atoms with Crippen LogP contribution in [0.1, 0.15) is 30.0 Å². The molecule has 1 aromatic rings. The van der Waals surface area contributed by atoms with Crippen LogP contribution in [0.2, 0.25) is 5.02 Å². The molecule has 2 unspecified atom stereocenters. The Morgan fingerprint density at radius 1 is 1.60 bits per heavy atom. The van der Waals surface area contributed by atoms with Gasteiger partial charge in [0.05, 0.1) is 13.2 Å². The Hall–Kier alpha value is -1.10. The Labute approximate surface area is 124 Å². The van der Waals surface area contributed by atoms with E-state index < -0.39 is 6.04 Å². The first kappa shape index (κ1) is 15.3. The number of benzene rings is 1. The third kappa shape index (κ3) is 3.72. The summed E-state index contributed by atoms with van der Waals surface area (Å²) in [6, 6.07) is 5.01. The summed E-state index contributed by atoms with van der Waals surface area (Å²) in [7, 11) is 1.40. The maximum Gasteiger partial charge on any atom is 0.327 e. The van der Waals surface area contributed by atoms with Gasteiger partial charge in [0.1, 0.15) is 6.04 Å². The number of ether oxygens (including phenoxy) is 2. The normalized spacial score (nSPS) is 19.9. The van der Waals surface area contributed by atoms with Gasteiger partial charge >= 0.3 is 5.97 Å². The van der Waals surface area contributed by atoms with Crippen molar-refractivity contribution in [3.63, 3.8) is 0 Å². The molecule has 20 heavy (non-hydrogen) atoms. The number of carbonyl (C=O) groups excluding carboxylic acids is 1.